The van der Waals surface area contributed by atoms with Gasteiger partial charge in [0.15, 0.2) is 0 Å². The maximum atomic E-state index is 13.8. The van der Waals surface area contributed by atoms with E-state index in [0.29, 0.717) is 19.4 Å². The van der Waals surface area contributed by atoms with Crippen LogP contribution in [-0.4, -0.2) is 77.4 Å². The van der Waals surface area contributed by atoms with Gasteiger partial charge in [0.2, 0.25) is 11.8 Å². The predicted molar refractivity (Wildman–Crippen MR) is 138 cm³/mol. The number of hydrogen-bond donors (Lipinski definition) is 3. The van der Waals surface area contributed by atoms with E-state index in [2.05, 4.69) is 31.4 Å². The first-order chi connectivity index (χ1) is 17.2. The van der Waals surface area contributed by atoms with Gasteiger partial charge in [-0.25, -0.2) is 4.79 Å². The summed E-state index contributed by atoms with van der Waals surface area (Å²) >= 11 is 0. The zero-order valence-electron chi connectivity index (χ0n) is 23.6. The van der Waals surface area contributed by atoms with Crippen molar-refractivity contribution < 1.29 is 33.8 Å². The molecule has 2 aliphatic rings. The number of aliphatic hydroxyl groups is 1. The third kappa shape index (κ3) is 8.58. The molecule has 1 heterocycles. The van der Waals surface area contributed by atoms with E-state index < -0.39 is 29.7 Å². The molecular formula is C27H47N3O7. The lowest BCUT2D eigenvalue weighted by atomic mass is 9.98. The van der Waals surface area contributed by atoms with Gasteiger partial charge >= 0.3 is 12.1 Å². The average molecular weight is 526 g/mol. The summed E-state index contributed by atoms with van der Waals surface area (Å²) in [5, 5.41) is 15.5. The van der Waals surface area contributed by atoms with E-state index in [1.807, 2.05) is 0 Å². The number of hydrogen-bond acceptors (Lipinski definition) is 7. The number of fused-ring (bicyclic) bond motifs is 1. The minimum absolute atomic E-state index is 0.00894. The molecule has 0 radical (unpaired) electrons. The molecule has 212 valence electrons. The van der Waals surface area contributed by atoms with Crippen LogP contribution in [0.3, 0.4) is 0 Å². The molecule has 1 saturated carbocycles. The monoisotopic (exact) mass is 525 g/mol. The molecule has 0 aromatic rings. The number of rotatable bonds is 13. The second-order valence-corrected chi connectivity index (χ2v) is 12.0. The SMILES string of the molecule is CCCCC[C@@H](CO)NC(=O)[C@@H]1[C@@H]2[C@H](CN1C(=O)[C@H](CCCOC(C)=O)NC(=O)OC(C)(C)C)C2(C)C. The zero-order chi connectivity index (χ0) is 28.0. The Labute approximate surface area is 221 Å². The molecule has 3 N–H and O–H groups in total. The summed E-state index contributed by atoms with van der Waals surface area (Å²) in [5.74, 6) is -0.849. The lowest BCUT2D eigenvalue weighted by Crippen LogP contribution is -2.57. The summed E-state index contributed by atoms with van der Waals surface area (Å²) in [5.41, 5.74) is -0.812. The molecule has 1 saturated heterocycles. The van der Waals surface area contributed by atoms with Crippen molar-refractivity contribution >= 4 is 23.9 Å². The second-order valence-electron chi connectivity index (χ2n) is 12.0. The molecule has 0 aromatic heterocycles. The third-order valence-electron chi connectivity index (χ3n) is 7.41. The number of likely N-dealkylation sites (tertiary alicyclic amines) is 1. The Kier molecular flexibility index (Phi) is 10.8. The minimum atomic E-state index is -0.931. The van der Waals surface area contributed by atoms with Crippen molar-refractivity contribution in [2.75, 3.05) is 19.8 Å². The Morgan fingerprint density at radius 1 is 1.08 bits per heavy atom. The number of unbranched alkanes of at least 4 members (excludes halogenated alkanes) is 2. The first kappa shape index (κ1) is 30.9. The van der Waals surface area contributed by atoms with Gasteiger partial charge in [-0.1, -0.05) is 40.0 Å². The summed E-state index contributed by atoms with van der Waals surface area (Å²) in [6, 6.07) is -1.97. The van der Waals surface area contributed by atoms with Crippen LogP contribution >= 0.6 is 0 Å². The van der Waals surface area contributed by atoms with Crippen molar-refractivity contribution in [2.24, 2.45) is 17.3 Å². The zero-order valence-corrected chi connectivity index (χ0v) is 23.6. The van der Waals surface area contributed by atoms with Crippen LogP contribution in [0, 0.1) is 17.3 Å². The summed E-state index contributed by atoms with van der Waals surface area (Å²) < 4.78 is 10.4. The third-order valence-corrected chi connectivity index (χ3v) is 7.41. The van der Waals surface area contributed by atoms with E-state index in [1.54, 1.807) is 25.7 Å². The highest BCUT2D eigenvalue weighted by molar-refractivity contribution is 5.93. The van der Waals surface area contributed by atoms with Gasteiger partial charge in [-0.2, -0.15) is 0 Å². The number of alkyl carbamates (subject to hydrolysis) is 1. The highest BCUT2D eigenvalue weighted by Crippen LogP contribution is 2.64. The van der Waals surface area contributed by atoms with Crippen molar-refractivity contribution in [3.05, 3.63) is 0 Å². The van der Waals surface area contributed by atoms with Crippen LogP contribution in [0.4, 0.5) is 4.79 Å². The molecule has 2 rings (SSSR count). The fraction of sp³-hybridized carbons (Fsp3) is 0.852. The molecular weight excluding hydrogens is 478 g/mol. The highest BCUT2D eigenvalue weighted by Gasteiger charge is 2.69. The summed E-state index contributed by atoms with van der Waals surface area (Å²) in [6.07, 6.45) is 3.50. The van der Waals surface area contributed by atoms with Gasteiger partial charge < -0.3 is 30.1 Å². The van der Waals surface area contributed by atoms with Gasteiger partial charge in [-0.15, -0.1) is 0 Å². The van der Waals surface area contributed by atoms with E-state index in [4.69, 9.17) is 9.47 Å². The van der Waals surface area contributed by atoms with Crippen molar-refractivity contribution in [1.82, 2.24) is 15.5 Å². The van der Waals surface area contributed by atoms with Gasteiger partial charge in [-0.05, 0) is 57.3 Å². The number of nitrogens with one attached hydrogen (secondary N) is 2. The minimum Gasteiger partial charge on any atom is -0.466 e. The smallest absolute Gasteiger partial charge is 0.408 e. The van der Waals surface area contributed by atoms with E-state index in [9.17, 15) is 24.3 Å². The fourth-order valence-electron chi connectivity index (χ4n) is 5.36. The number of carbonyl (C=O) groups excluding carboxylic acids is 4. The summed E-state index contributed by atoms with van der Waals surface area (Å²) in [6.45, 7) is 13.2. The molecule has 1 aliphatic heterocycles. The van der Waals surface area contributed by atoms with Crippen molar-refractivity contribution in [2.45, 2.75) is 111 Å². The molecule has 3 amide bonds. The molecule has 10 heteroatoms. The second kappa shape index (κ2) is 12.9. The lowest BCUT2D eigenvalue weighted by Gasteiger charge is -2.34. The van der Waals surface area contributed by atoms with Crippen LogP contribution < -0.4 is 10.6 Å². The number of esters is 1. The van der Waals surface area contributed by atoms with Gasteiger partial charge in [-0.3, -0.25) is 14.4 Å². The van der Waals surface area contributed by atoms with Crippen molar-refractivity contribution in [3.8, 4) is 0 Å². The van der Waals surface area contributed by atoms with E-state index in [1.165, 1.54) is 6.92 Å². The number of amides is 3. The Morgan fingerprint density at radius 2 is 1.76 bits per heavy atom. The maximum Gasteiger partial charge on any atom is 0.408 e. The predicted octanol–water partition coefficient (Wildman–Crippen LogP) is 2.76. The van der Waals surface area contributed by atoms with Crippen LogP contribution in [0.1, 0.15) is 87.0 Å². The first-order valence-corrected chi connectivity index (χ1v) is 13.6. The molecule has 0 bridgehead atoms. The first-order valence-electron chi connectivity index (χ1n) is 13.6. The Balaban J connectivity index is 2.18. The van der Waals surface area contributed by atoms with Gasteiger partial charge in [0.1, 0.15) is 17.7 Å². The quantitative estimate of drug-likeness (QED) is 0.249. The van der Waals surface area contributed by atoms with Gasteiger partial charge in [0.25, 0.3) is 0 Å². The Bertz CT molecular complexity index is 823. The van der Waals surface area contributed by atoms with E-state index in [-0.39, 0.29) is 54.7 Å². The molecule has 0 aromatic carbocycles. The fourth-order valence-corrected chi connectivity index (χ4v) is 5.36. The van der Waals surface area contributed by atoms with Gasteiger partial charge in [0.05, 0.1) is 19.3 Å². The number of piperidine rings is 1. The molecule has 0 spiro atoms. The van der Waals surface area contributed by atoms with Crippen LogP contribution in [0.15, 0.2) is 0 Å². The largest absolute Gasteiger partial charge is 0.466 e. The van der Waals surface area contributed by atoms with Crippen molar-refractivity contribution in [1.29, 1.82) is 0 Å². The number of carbonyl (C=O) groups is 4. The lowest BCUT2D eigenvalue weighted by molar-refractivity contribution is -0.143. The number of nitrogens with zero attached hydrogens (tertiary/aromatic N) is 1. The topological polar surface area (TPSA) is 134 Å². The maximum absolute atomic E-state index is 13.8. The van der Waals surface area contributed by atoms with Crippen LogP contribution in [0.25, 0.3) is 0 Å². The standard InChI is InChI=1S/C27H47N3O7/c1-8-9-10-12-18(16-31)28-23(33)22-21-19(27(21,6)7)15-30(22)24(34)20(13-11-14-36-17(2)32)29-25(35)37-26(3,4)5/h18-22,31H,8-16H2,1-7H3,(H,28,33)(H,29,35)/t18-,19-,20-,21-,22-/m0/s1. The number of aliphatic hydroxyl groups excluding tert-OH is 1. The van der Waals surface area contributed by atoms with Crippen LogP contribution in [0.5, 0.6) is 0 Å². The Hall–Kier alpha value is -2.36. The highest BCUT2D eigenvalue weighted by atomic mass is 16.6. The van der Waals surface area contributed by atoms with Crippen LogP contribution in [-0.2, 0) is 23.9 Å². The van der Waals surface area contributed by atoms with E-state index >= 15 is 0 Å². The molecule has 37 heavy (non-hydrogen) atoms. The molecule has 0 unspecified atom stereocenters. The molecule has 10 nitrogen and oxygen atoms in total. The molecule has 1 aliphatic carbocycles. The summed E-state index contributed by atoms with van der Waals surface area (Å²) in [7, 11) is 0. The average Bonchev–Trinajstić information content (AvgIpc) is 3.12. The van der Waals surface area contributed by atoms with Crippen molar-refractivity contribution in [3.63, 3.8) is 0 Å². The van der Waals surface area contributed by atoms with E-state index in [0.717, 1.165) is 19.3 Å². The Morgan fingerprint density at radius 3 is 2.32 bits per heavy atom. The normalized spacial score (nSPS) is 23.5. The molecule has 5 atom stereocenters. The summed E-state index contributed by atoms with van der Waals surface area (Å²) in [4.78, 5) is 52.5. The number of ether oxygens (including phenoxy) is 2. The van der Waals surface area contributed by atoms with Gasteiger partial charge in [0, 0.05) is 13.5 Å². The van der Waals surface area contributed by atoms with Crippen LogP contribution in [0.2, 0.25) is 0 Å². The molecule has 2 fully saturated rings.